The van der Waals surface area contributed by atoms with E-state index in [4.69, 9.17) is 38.0 Å². The van der Waals surface area contributed by atoms with Crippen molar-refractivity contribution in [2.45, 2.75) is 19.6 Å². The molecule has 1 rings (SSSR count). The van der Waals surface area contributed by atoms with Crippen molar-refractivity contribution in [2.75, 3.05) is 13.2 Å². The molecule has 1 aromatic carbocycles. The molecule has 0 spiro atoms. The van der Waals surface area contributed by atoms with Gasteiger partial charge in [-0.1, -0.05) is 29.3 Å². The summed E-state index contributed by atoms with van der Waals surface area (Å²) in [4.78, 5) is 0. The highest BCUT2D eigenvalue weighted by molar-refractivity contribution is 7.54. The number of hydrogen-bond acceptors (Lipinski definition) is 4. The van der Waals surface area contributed by atoms with Crippen LogP contribution in [0.25, 0.3) is 0 Å². The molecule has 0 saturated heterocycles. The second-order valence-electron chi connectivity index (χ2n) is 3.46. The van der Waals surface area contributed by atoms with Crippen LogP contribution < -0.4 is 5.73 Å². The van der Waals surface area contributed by atoms with Crippen LogP contribution in [0, 0.1) is 0 Å². The summed E-state index contributed by atoms with van der Waals surface area (Å²) in [6.45, 7) is 3.89. The molecule has 0 aliphatic carbocycles. The highest BCUT2D eigenvalue weighted by Gasteiger charge is 2.36. The Kier molecular flexibility index (Phi) is 6.12. The average Bonchev–Trinajstić information content (AvgIpc) is 2.29. The van der Waals surface area contributed by atoms with Crippen molar-refractivity contribution in [1.29, 1.82) is 0 Å². The Labute approximate surface area is 117 Å². The molecule has 0 radical (unpaired) electrons. The van der Waals surface area contributed by atoms with Gasteiger partial charge in [0.05, 0.1) is 13.2 Å². The second-order valence-corrected chi connectivity index (χ2v) is 6.42. The maximum Gasteiger partial charge on any atom is 0.351 e. The number of nitrogens with two attached hydrogens (primary N) is 1. The van der Waals surface area contributed by atoms with Gasteiger partial charge in [-0.15, -0.1) is 0 Å². The lowest BCUT2D eigenvalue weighted by Gasteiger charge is -2.24. The zero-order valence-electron chi connectivity index (χ0n) is 10.2. The molecule has 18 heavy (non-hydrogen) atoms. The fraction of sp³-hybridized carbons (Fsp3) is 0.455. The summed E-state index contributed by atoms with van der Waals surface area (Å²) < 4.78 is 22.9. The van der Waals surface area contributed by atoms with Gasteiger partial charge in [-0.25, -0.2) is 0 Å². The normalized spacial score (nSPS) is 13.6. The van der Waals surface area contributed by atoms with Crippen LogP contribution >= 0.6 is 30.8 Å². The molecule has 0 aliphatic rings. The van der Waals surface area contributed by atoms with Crippen LogP contribution in [0.2, 0.25) is 10.0 Å². The fourth-order valence-corrected chi connectivity index (χ4v) is 4.00. The van der Waals surface area contributed by atoms with Gasteiger partial charge in [0, 0.05) is 15.6 Å². The maximum atomic E-state index is 12.5. The summed E-state index contributed by atoms with van der Waals surface area (Å²) in [6, 6.07) is 4.95. The molecule has 0 bridgehead atoms. The van der Waals surface area contributed by atoms with Crippen molar-refractivity contribution in [3.63, 3.8) is 0 Å². The van der Waals surface area contributed by atoms with Crippen molar-refractivity contribution in [2.24, 2.45) is 5.73 Å². The molecule has 7 heteroatoms. The smallest absolute Gasteiger partial charge is 0.314 e. The predicted molar refractivity (Wildman–Crippen MR) is 74.2 cm³/mol. The van der Waals surface area contributed by atoms with Crippen LogP contribution in [-0.4, -0.2) is 13.2 Å². The van der Waals surface area contributed by atoms with Gasteiger partial charge in [0.2, 0.25) is 0 Å². The highest BCUT2D eigenvalue weighted by atomic mass is 35.5. The first kappa shape index (κ1) is 16.0. The van der Waals surface area contributed by atoms with E-state index in [0.717, 1.165) is 0 Å². The Balaban J connectivity index is 3.17. The third kappa shape index (κ3) is 3.47. The van der Waals surface area contributed by atoms with Crippen LogP contribution in [0.4, 0.5) is 0 Å². The molecule has 0 heterocycles. The van der Waals surface area contributed by atoms with Crippen molar-refractivity contribution >= 4 is 30.8 Å². The van der Waals surface area contributed by atoms with Crippen molar-refractivity contribution in [1.82, 2.24) is 0 Å². The van der Waals surface area contributed by atoms with E-state index in [2.05, 4.69) is 0 Å². The number of hydrogen-bond donors (Lipinski definition) is 1. The molecule has 0 unspecified atom stereocenters. The van der Waals surface area contributed by atoms with E-state index in [1.165, 1.54) is 0 Å². The highest BCUT2D eigenvalue weighted by Crippen LogP contribution is 2.60. The molecule has 0 saturated carbocycles. The molecule has 0 fully saturated rings. The van der Waals surface area contributed by atoms with Crippen molar-refractivity contribution in [3.8, 4) is 0 Å². The first-order valence-corrected chi connectivity index (χ1v) is 7.91. The molecule has 102 valence electrons. The number of benzene rings is 1. The monoisotopic (exact) mass is 311 g/mol. The van der Waals surface area contributed by atoms with Gasteiger partial charge in [-0.05, 0) is 26.0 Å². The third-order valence-corrected chi connectivity index (χ3v) is 5.09. The fourth-order valence-electron chi connectivity index (χ4n) is 1.51. The Morgan fingerprint density at radius 1 is 1.22 bits per heavy atom. The van der Waals surface area contributed by atoms with E-state index < -0.39 is 13.4 Å². The molecule has 0 aromatic heterocycles. The van der Waals surface area contributed by atoms with E-state index in [9.17, 15) is 4.57 Å². The van der Waals surface area contributed by atoms with E-state index in [-0.39, 0.29) is 13.2 Å². The Morgan fingerprint density at radius 2 is 1.67 bits per heavy atom. The third-order valence-electron chi connectivity index (χ3n) is 2.25. The van der Waals surface area contributed by atoms with E-state index in [1.54, 1.807) is 32.0 Å². The largest absolute Gasteiger partial charge is 0.351 e. The van der Waals surface area contributed by atoms with Gasteiger partial charge in [0.1, 0.15) is 5.78 Å². The van der Waals surface area contributed by atoms with Crippen molar-refractivity contribution < 1.29 is 13.6 Å². The maximum absolute atomic E-state index is 12.5. The molecule has 1 atom stereocenters. The summed E-state index contributed by atoms with van der Waals surface area (Å²) in [5.41, 5.74) is 6.35. The molecule has 4 nitrogen and oxygen atoms in total. The molecule has 0 amide bonds. The standard InChI is InChI=1S/C11H16Cl2NO3P/c1-3-16-18(15,17-4-2)11(14)10-8(12)6-5-7-9(10)13/h5-7,11H,3-4,14H2,1-2H3/t11-/m0/s1. The van der Waals surface area contributed by atoms with Crippen LogP contribution in [0.3, 0.4) is 0 Å². The summed E-state index contributed by atoms with van der Waals surface area (Å²) in [5.74, 6) is -1.00. The van der Waals surface area contributed by atoms with E-state index in [0.29, 0.717) is 15.6 Å². The zero-order chi connectivity index (χ0) is 13.8. The van der Waals surface area contributed by atoms with E-state index in [1.807, 2.05) is 0 Å². The lowest BCUT2D eigenvalue weighted by molar-refractivity contribution is 0.212. The predicted octanol–water partition coefficient (Wildman–Crippen LogP) is 4.22. The van der Waals surface area contributed by atoms with Gasteiger partial charge in [0.25, 0.3) is 0 Å². The minimum Gasteiger partial charge on any atom is -0.314 e. The summed E-state index contributed by atoms with van der Waals surface area (Å²) in [7, 11) is -3.48. The van der Waals surface area contributed by atoms with Crippen LogP contribution in [-0.2, 0) is 13.6 Å². The van der Waals surface area contributed by atoms with Gasteiger partial charge < -0.3 is 14.8 Å². The van der Waals surface area contributed by atoms with Gasteiger partial charge >= 0.3 is 7.60 Å². The topological polar surface area (TPSA) is 61.5 Å². The van der Waals surface area contributed by atoms with E-state index >= 15 is 0 Å². The first-order chi connectivity index (χ1) is 8.46. The zero-order valence-corrected chi connectivity index (χ0v) is 12.6. The number of rotatable bonds is 6. The van der Waals surface area contributed by atoms with Crippen LogP contribution in [0.1, 0.15) is 25.2 Å². The minimum atomic E-state index is -3.48. The second kappa shape index (κ2) is 6.90. The SMILES string of the molecule is CCOP(=O)(OCC)[C@H](N)c1c(Cl)cccc1Cl. The van der Waals surface area contributed by atoms with Crippen LogP contribution in [0.15, 0.2) is 18.2 Å². The average molecular weight is 312 g/mol. The Bertz CT molecular complexity index is 426. The van der Waals surface area contributed by atoms with Crippen molar-refractivity contribution in [3.05, 3.63) is 33.8 Å². The molecular weight excluding hydrogens is 296 g/mol. The number of halogens is 2. The minimum absolute atomic E-state index is 0.229. The lowest BCUT2D eigenvalue weighted by Crippen LogP contribution is -2.16. The first-order valence-electron chi connectivity index (χ1n) is 5.54. The molecule has 1 aromatic rings. The Morgan fingerprint density at radius 3 is 2.06 bits per heavy atom. The molecule has 2 N–H and O–H groups in total. The summed E-state index contributed by atoms with van der Waals surface area (Å²) in [6.07, 6.45) is 0. The molecular formula is C11H16Cl2NO3P. The Hall–Kier alpha value is -0.0900. The summed E-state index contributed by atoms with van der Waals surface area (Å²) in [5, 5.41) is 0.685. The molecule has 0 aliphatic heterocycles. The van der Waals surface area contributed by atoms with Crippen LogP contribution in [0.5, 0.6) is 0 Å². The van der Waals surface area contributed by atoms with Gasteiger partial charge in [-0.2, -0.15) is 0 Å². The summed E-state index contributed by atoms with van der Waals surface area (Å²) >= 11 is 12.1. The lowest BCUT2D eigenvalue weighted by atomic mass is 10.2. The van der Waals surface area contributed by atoms with Gasteiger partial charge in [0.15, 0.2) is 0 Å². The quantitative estimate of drug-likeness (QED) is 0.799. The van der Waals surface area contributed by atoms with Gasteiger partial charge in [-0.3, -0.25) is 4.57 Å².